The molecule has 24 heteroatoms. The molecule has 2 aliphatic heterocycles. The molecule has 3 aromatic rings. The molecule has 68 heavy (non-hydrogen) atoms. The van der Waals surface area contributed by atoms with E-state index in [1.165, 1.54) is 24.3 Å². The number of benzene rings is 2. The molecule has 0 saturated carbocycles. The van der Waals surface area contributed by atoms with Gasteiger partial charge in [-0.1, -0.05) is 0 Å². The molecule has 2 aliphatic rings. The van der Waals surface area contributed by atoms with E-state index in [2.05, 4.69) is 0 Å². The molecule has 0 aliphatic carbocycles. The molecule has 366 valence electrons. The highest BCUT2D eigenvalue weighted by molar-refractivity contribution is 5.89. The Labute approximate surface area is 385 Å². The highest BCUT2D eigenvalue weighted by atomic mass is 16.8. The largest absolute Gasteiger partial charge is 0.463 e. The maximum atomic E-state index is 13.7. The molecule has 2 aromatic carbocycles. The lowest BCUT2D eigenvalue weighted by Gasteiger charge is -2.47. The fraction of sp³-hybridized carbons (Fsp3) is 0.455. The Balaban J connectivity index is 1.70. The Hall–Kier alpha value is -7.44. The second-order valence-electron chi connectivity index (χ2n) is 14.9. The van der Waals surface area contributed by atoms with Crippen molar-refractivity contribution in [1.82, 2.24) is 0 Å². The van der Waals surface area contributed by atoms with Gasteiger partial charge in [0.25, 0.3) is 0 Å². The molecule has 9 atom stereocenters. The number of ether oxygens (including phenoxy) is 13. The number of carbonyl (C=O) groups is 9. The Kier molecular flexibility index (Phi) is 17.0. The summed E-state index contributed by atoms with van der Waals surface area (Å²) in [5.74, 6) is -9.08. The van der Waals surface area contributed by atoms with Crippen LogP contribution in [-0.2, 0) is 85.8 Å². The van der Waals surface area contributed by atoms with E-state index in [1.807, 2.05) is 0 Å². The molecule has 2 saturated heterocycles. The molecule has 1 aromatic heterocycles. The Morgan fingerprint density at radius 1 is 0.544 bits per heavy atom. The first-order valence-electron chi connectivity index (χ1n) is 20.4. The first-order valence-corrected chi connectivity index (χ1v) is 20.4. The molecule has 0 N–H and O–H groups in total. The molecule has 3 heterocycles. The molecule has 2 fully saturated rings. The number of fused-ring (bicyclic) bond motifs is 1. The van der Waals surface area contributed by atoms with Crippen LogP contribution in [0.5, 0.6) is 23.0 Å². The predicted molar refractivity (Wildman–Crippen MR) is 220 cm³/mol. The number of rotatable bonds is 15. The van der Waals surface area contributed by atoms with E-state index in [4.69, 9.17) is 66.0 Å². The summed E-state index contributed by atoms with van der Waals surface area (Å²) in [6.07, 6.45) is -15.3. The maximum absolute atomic E-state index is 13.7. The highest BCUT2D eigenvalue weighted by Gasteiger charge is 2.56. The van der Waals surface area contributed by atoms with Gasteiger partial charge in [-0.3, -0.25) is 47.9 Å². The van der Waals surface area contributed by atoms with E-state index < -0.39 is 128 Å². The lowest BCUT2D eigenvalue weighted by molar-refractivity contribution is -0.347. The van der Waals surface area contributed by atoms with Gasteiger partial charge in [-0.15, -0.1) is 0 Å². The second kappa shape index (κ2) is 22.4. The Morgan fingerprint density at radius 3 is 1.71 bits per heavy atom. The van der Waals surface area contributed by atoms with Gasteiger partial charge in [-0.25, -0.2) is 0 Å². The van der Waals surface area contributed by atoms with Crippen molar-refractivity contribution < 1.29 is 109 Å². The molecular weight excluding hydrogens is 912 g/mol. The molecule has 5 rings (SSSR count). The highest BCUT2D eigenvalue weighted by Crippen LogP contribution is 2.40. The van der Waals surface area contributed by atoms with Crippen LogP contribution in [0.15, 0.2) is 45.6 Å². The first-order chi connectivity index (χ1) is 32.0. The molecule has 0 bridgehead atoms. The minimum atomic E-state index is -1.93. The van der Waals surface area contributed by atoms with Crippen LogP contribution in [0.4, 0.5) is 0 Å². The van der Waals surface area contributed by atoms with Gasteiger partial charge < -0.3 is 66.0 Å². The van der Waals surface area contributed by atoms with Crippen molar-refractivity contribution in [2.24, 2.45) is 0 Å². The lowest BCUT2D eigenvalue weighted by Crippen LogP contribution is -2.66. The fourth-order valence-electron chi connectivity index (χ4n) is 7.04. The standard InChI is InChI=1S/C44H46O24/c1-18(45)55-16-36-38(61-23(6)50)40(63-25(8)52)42(68-43-41(64-26(9)53)39(62-24(7)51)35(17-56-43)60-22(5)49)44(67-36)66-32-12-27(10-11-30(32)58-20(3)47)31-15-29(54)37-33(59-21(4)48)13-28(57-19(2)46)14-34(37)65-31/h10-15,35-36,38-44H,16-17H2,1-9H3/t35-,36-,38-,39+,40+,41-,42-,43+,44-/m1/s1. The SMILES string of the molecule is CC(=O)OC[C@H]1O[C@@H](Oc2cc(-c3cc(=O)c4c(OC(C)=O)cc(OC(C)=O)cc4o3)ccc2OC(C)=O)[C@H](O[C@@H]2OC[C@@H](OC(C)=O)[C@H](OC(C)=O)[C@H]2OC(C)=O)[C@@H](OC(C)=O)[C@@H]1OC(C)=O. The second-order valence-corrected chi connectivity index (χ2v) is 14.9. The summed E-state index contributed by atoms with van der Waals surface area (Å²) >= 11 is 0. The number of esters is 9. The number of hydrogen-bond donors (Lipinski definition) is 0. The fourth-order valence-corrected chi connectivity index (χ4v) is 7.04. The smallest absolute Gasteiger partial charge is 0.308 e. The monoisotopic (exact) mass is 958 g/mol. The van der Waals surface area contributed by atoms with Crippen LogP contribution >= 0.6 is 0 Å². The predicted octanol–water partition coefficient (Wildman–Crippen LogP) is 2.30. The summed E-state index contributed by atoms with van der Waals surface area (Å²) in [6.45, 7) is 8.26. The van der Waals surface area contributed by atoms with Crippen molar-refractivity contribution in [2.75, 3.05) is 13.2 Å². The van der Waals surface area contributed by atoms with Crippen molar-refractivity contribution in [2.45, 2.75) is 118 Å². The third-order valence-corrected chi connectivity index (χ3v) is 9.25. The van der Waals surface area contributed by atoms with Gasteiger partial charge in [0.15, 0.2) is 59.8 Å². The zero-order chi connectivity index (χ0) is 50.1. The quantitative estimate of drug-likeness (QED) is 0.120. The summed E-state index contributed by atoms with van der Waals surface area (Å²) in [5.41, 5.74) is -0.883. The molecule has 24 nitrogen and oxygen atoms in total. The van der Waals surface area contributed by atoms with Crippen LogP contribution in [-0.4, -0.2) is 122 Å². The summed E-state index contributed by atoms with van der Waals surface area (Å²) in [6, 6.07) is 7.18. The van der Waals surface area contributed by atoms with Crippen LogP contribution in [0.2, 0.25) is 0 Å². The summed E-state index contributed by atoms with van der Waals surface area (Å²) in [5, 5.41) is -0.201. The van der Waals surface area contributed by atoms with Crippen molar-refractivity contribution in [3.8, 4) is 34.3 Å². The Morgan fingerprint density at radius 2 is 1.12 bits per heavy atom. The number of hydrogen-bond acceptors (Lipinski definition) is 24. The minimum Gasteiger partial charge on any atom is -0.463 e. The van der Waals surface area contributed by atoms with Gasteiger partial charge in [0.2, 0.25) is 6.29 Å². The van der Waals surface area contributed by atoms with Crippen molar-refractivity contribution in [3.05, 3.63) is 46.6 Å². The van der Waals surface area contributed by atoms with Gasteiger partial charge in [0.1, 0.15) is 40.9 Å². The average Bonchev–Trinajstić information content (AvgIpc) is 3.20. The van der Waals surface area contributed by atoms with E-state index in [-0.39, 0.29) is 45.3 Å². The van der Waals surface area contributed by atoms with E-state index in [0.29, 0.717) is 0 Å². The molecule has 0 amide bonds. The zero-order valence-electron chi connectivity index (χ0n) is 37.9. The molecular formula is C44H46O24. The van der Waals surface area contributed by atoms with Crippen LogP contribution < -0.4 is 24.4 Å². The van der Waals surface area contributed by atoms with Gasteiger partial charge in [0, 0.05) is 86.1 Å². The van der Waals surface area contributed by atoms with Gasteiger partial charge >= 0.3 is 53.7 Å². The third kappa shape index (κ3) is 13.6. The van der Waals surface area contributed by atoms with Crippen molar-refractivity contribution >= 4 is 64.7 Å². The Bertz CT molecular complexity index is 2530. The van der Waals surface area contributed by atoms with E-state index in [1.54, 1.807) is 0 Å². The van der Waals surface area contributed by atoms with Crippen LogP contribution in [0, 0.1) is 0 Å². The summed E-state index contributed by atoms with van der Waals surface area (Å²) in [7, 11) is 0. The first kappa shape index (κ1) is 51.5. The molecule has 0 spiro atoms. The maximum Gasteiger partial charge on any atom is 0.308 e. The summed E-state index contributed by atoms with van der Waals surface area (Å²) < 4.78 is 79.5. The topological polar surface area (TPSA) is 304 Å². The number of carbonyl (C=O) groups excluding carboxylic acids is 9. The van der Waals surface area contributed by atoms with Crippen LogP contribution in [0.25, 0.3) is 22.3 Å². The van der Waals surface area contributed by atoms with Crippen molar-refractivity contribution in [3.63, 3.8) is 0 Å². The van der Waals surface area contributed by atoms with Gasteiger partial charge in [-0.2, -0.15) is 0 Å². The molecule has 0 radical (unpaired) electrons. The average molecular weight is 959 g/mol. The third-order valence-electron chi connectivity index (χ3n) is 9.25. The normalized spacial score (nSPS) is 23.2. The summed E-state index contributed by atoms with van der Waals surface area (Å²) in [4.78, 5) is 124. The van der Waals surface area contributed by atoms with Gasteiger partial charge in [0.05, 0.1) is 6.61 Å². The van der Waals surface area contributed by atoms with Crippen LogP contribution in [0.3, 0.4) is 0 Å². The van der Waals surface area contributed by atoms with E-state index >= 15 is 0 Å². The van der Waals surface area contributed by atoms with Crippen molar-refractivity contribution in [1.29, 1.82) is 0 Å². The lowest BCUT2D eigenvalue weighted by atomic mass is 9.97. The van der Waals surface area contributed by atoms with Gasteiger partial charge in [-0.05, 0) is 18.2 Å². The minimum absolute atomic E-state index is 0.0483. The zero-order valence-corrected chi connectivity index (χ0v) is 37.9. The molecule has 0 unspecified atom stereocenters. The van der Waals surface area contributed by atoms with E-state index in [9.17, 15) is 47.9 Å². The van der Waals surface area contributed by atoms with Crippen LogP contribution in [0.1, 0.15) is 62.3 Å². The van der Waals surface area contributed by atoms with E-state index in [0.717, 1.165) is 74.4 Å².